The maximum absolute atomic E-state index is 12.8. The summed E-state index contributed by atoms with van der Waals surface area (Å²) in [7, 11) is 0. The third-order valence-electron chi connectivity index (χ3n) is 4.45. The van der Waals surface area contributed by atoms with Crippen LogP contribution in [-0.2, 0) is 15.2 Å². The number of hydrogen-bond donors (Lipinski definition) is 1. The van der Waals surface area contributed by atoms with Crippen LogP contribution >= 0.6 is 15.9 Å². The summed E-state index contributed by atoms with van der Waals surface area (Å²) in [4.78, 5) is 26.6. The number of amides is 1. The fourth-order valence-corrected chi connectivity index (χ4v) is 3.51. The first-order valence-corrected chi connectivity index (χ1v) is 9.45. The van der Waals surface area contributed by atoms with E-state index in [1.165, 1.54) is 11.0 Å². The van der Waals surface area contributed by atoms with Gasteiger partial charge >= 0.3 is 0 Å². The number of carbonyl (C=O) groups excluding carboxylic acids is 2. The van der Waals surface area contributed by atoms with Crippen molar-refractivity contribution in [2.45, 2.75) is 12.0 Å². The summed E-state index contributed by atoms with van der Waals surface area (Å²) < 4.78 is 0.703. The van der Waals surface area contributed by atoms with Crippen LogP contribution in [0.25, 0.3) is 6.08 Å². The molecule has 0 spiro atoms. The van der Waals surface area contributed by atoms with Crippen LogP contribution in [-0.4, -0.2) is 23.3 Å². The van der Waals surface area contributed by atoms with Crippen molar-refractivity contribution < 1.29 is 14.7 Å². The Hall–Kier alpha value is -2.94. The molecule has 0 saturated heterocycles. The first-order chi connectivity index (χ1) is 13.5. The lowest BCUT2D eigenvalue weighted by Crippen LogP contribution is -2.41. The molecular formula is C23H18BrNO3. The lowest BCUT2D eigenvalue weighted by Gasteiger charge is -2.21. The normalized spacial score (nSPS) is 18.6. The molecular weight excluding hydrogens is 418 g/mol. The fourth-order valence-electron chi connectivity index (χ4n) is 3.15. The van der Waals surface area contributed by atoms with E-state index in [0.29, 0.717) is 15.7 Å². The highest BCUT2D eigenvalue weighted by molar-refractivity contribution is 9.10. The molecule has 0 aliphatic carbocycles. The molecule has 0 unspecified atom stereocenters. The van der Waals surface area contributed by atoms with E-state index in [1.807, 2.05) is 36.4 Å². The number of fused-ring (bicyclic) bond motifs is 1. The predicted molar refractivity (Wildman–Crippen MR) is 113 cm³/mol. The van der Waals surface area contributed by atoms with Crippen molar-refractivity contribution in [1.82, 2.24) is 0 Å². The number of ketones is 1. The van der Waals surface area contributed by atoms with E-state index >= 15 is 0 Å². The van der Waals surface area contributed by atoms with Gasteiger partial charge in [0.2, 0.25) is 0 Å². The summed E-state index contributed by atoms with van der Waals surface area (Å²) in [5.74, 6) is 1.48. The van der Waals surface area contributed by atoms with E-state index in [0.717, 1.165) is 5.56 Å². The quantitative estimate of drug-likeness (QED) is 0.425. The highest BCUT2D eigenvalue weighted by Crippen LogP contribution is 2.43. The molecule has 2 aromatic carbocycles. The molecule has 1 atom stereocenters. The van der Waals surface area contributed by atoms with Gasteiger partial charge in [0.1, 0.15) is 0 Å². The molecule has 2 aromatic rings. The van der Waals surface area contributed by atoms with E-state index in [9.17, 15) is 14.7 Å². The van der Waals surface area contributed by atoms with Crippen molar-refractivity contribution >= 4 is 39.4 Å². The van der Waals surface area contributed by atoms with Crippen LogP contribution in [0.3, 0.4) is 0 Å². The molecule has 3 rings (SSSR count). The number of anilines is 1. The zero-order valence-corrected chi connectivity index (χ0v) is 16.6. The van der Waals surface area contributed by atoms with Gasteiger partial charge in [0.05, 0.1) is 18.7 Å². The monoisotopic (exact) mass is 435 g/mol. The van der Waals surface area contributed by atoms with Crippen LogP contribution in [0, 0.1) is 12.3 Å². The summed E-state index contributed by atoms with van der Waals surface area (Å²) in [6.45, 7) is 0.0274. The summed E-state index contributed by atoms with van der Waals surface area (Å²) in [6, 6.07) is 14.8. The average molecular weight is 436 g/mol. The molecule has 1 aliphatic heterocycles. The molecule has 0 radical (unpaired) electrons. The molecule has 28 heavy (non-hydrogen) atoms. The minimum absolute atomic E-state index is 0.0274. The maximum atomic E-state index is 12.8. The smallest absolute Gasteiger partial charge is 0.265 e. The molecule has 0 bridgehead atoms. The van der Waals surface area contributed by atoms with Crippen LogP contribution in [0.15, 0.2) is 71.2 Å². The molecule has 1 N–H and O–H groups in total. The van der Waals surface area contributed by atoms with E-state index in [4.69, 9.17) is 6.42 Å². The Morgan fingerprint density at radius 3 is 2.68 bits per heavy atom. The molecule has 140 valence electrons. The van der Waals surface area contributed by atoms with Crippen LogP contribution in [0.2, 0.25) is 0 Å². The van der Waals surface area contributed by atoms with Gasteiger partial charge in [-0.15, -0.1) is 6.42 Å². The Morgan fingerprint density at radius 2 is 1.96 bits per heavy atom. The topological polar surface area (TPSA) is 57.6 Å². The maximum Gasteiger partial charge on any atom is 0.265 e. The van der Waals surface area contributed by atoms with Gasteiger partial charge in [-0.3, -0.25) is 14.5 Å². The SMILES string of the molecule is C#CCN1C(=O)[C@](O)(CC(=O)/C=C/C=C/c2ccccc2)c2cc(Br)ccc21. The zero-order chi connectivity index (χ0) is 20.1. The molecule has 1 heterocycles. The summed E-state index contributed by atoms with van der Waals surface area (Å²) in [5.41, 5.74) is -0.0217. The second-order valence-electron chi connectivity index (χ2n) is 6.39. The summed E-state index contributed by atoms with van der Waals surface area (Å²) in [5, 5.41) is 11.1. The molecule has 5 heteroatoms. The molecule has 1 aliphatic rings. The van der Waals surface area contributed by atoms with Crippen LogP contribution in [0.1, 0.15) is 17.5 Å². The Balaban J connectivity index is 1.79. The van der Waals surface area contributed by atoms with E-state index in [1.54, 1.807) is 30.4 Å². The van der Waals surface area contributed by atoms with Gasteiger partial charge in [-0.2, -0.15) is 0 Å². The molecule has 0 fully saturated rings. The van der Waals surface area contributed by atoms with Crippen LogP contribution < -0.4 is 4.90 Å². The first-order valence-electron chi connectivity index (χ1n) is 8.66. The Morgan fingerprint density at radius 1 is 1.21 bits per heavy atom. The Kier molecular flexibility index (Phi) is 5.93. The van der Waals surface area contributed by atoms with Gasteiger partial charge in [0.15, 0.2) is 11.4 Å². The third-order valence-corrected chi connectivity index (χ3v) is 4.95. The zero-order valence-electron chi connectivity index (χ0n) is 15.0. The van der Waals surface area contributed by atoms with Gasteiger partial charge in [-0.25, -0.2) is 0 Å². The second kappa shape index (κ2) is 8.39. The van der Waals surface area contributed by atoms with Crippen molar-refractivity contribution in [2.24, 2.45) is 0 Å². The van der Waals surface area contributed by atoms with Gasteiger partial charge in [-0.05, 0) is 29.8 Å². The number of allylic oxidation sites excluding steroid dienone is 3. The minimum Gasteiger partial charge on any atom is -0.375 e. The minimum atomic E-state index is -1.93. The van der Waals surface area contributed by atoms with E-state index in [-0.39, 0.29) is 18.7 Å². The highest BCUT2D eigenvalue weighted by Gasteiger charge is 2.50. The van der Waals surface area contributed by atoms with Crippen molar-refractivity contribution in [3.05, 3.63) is 82.4 Å². The number of nitrogens with zero attached hydrogens (tertiary/aromatic N) is 1. The van der Waals surface area contributed by atoms with Crippen molar-refractivity contribution in [3.63, 3.8) is 0 Å². The number of carbonyl (C=O) groups is 2. The first kappa shape index (κ1) is 19.8. The fraction of sp³-hybridized carbons (Fsp3) is 0.130. The lowest BCUT2D eigenvalue weighted by atomic mass is 9.90. The highest BCUT2D eigenvalue weighted by atomic mass is 79.9. The van der Waals surface area contributed by atoms with Gasteiger partial charge in [-0.1, -0.05) is 70.4 Å². The lowest BCUT2D eigenvalue weighted by molar-refractivity contribution is -0.140. The Labute approximate surface area is 172 Å². The Bertz CT molecular complexity index is 1000. The number of benzene rings is 2. The molecule has 0 saturated carbocycles. The van der Waals surface area contributed by atoms with E-state index in [2.05, 4.69) is 21.9 Å². The van der Waals surface area contributed by atoms with Gasteiger partial charge in [0, 0.05) is 10.0 Å². The molecule has 4 nitrogen and oxygen atoms in total. The summed E-state index contributed by atoms with van der Waals surface area (Å²) >= 11 is 3.35. The number of hydrogen-bond acceptors (Lipinski definition) is 3. The molecule has 0 aromatic heterocycles. The number of rotatable bonds is 6. The van der Waals surface area contributed by atoms with Crippen molar-refractivity contribution in [3.8, 4) is 12.3 Å². The standard InChI is InChI=1S/C23H18BrNO3/c1-2-14-25-21-13-12-18(24)15-20(21)23(28,22(25)27)16-19(26)11-7-6-10-17-8-4-3-5-9-17/h1,3-13,15,28H,14,16H2/b10-6+,11-7+/t23-/m0/s1. The summed E-state index contributed by atoms with van der Waals surface area (Å²) in [6.07, 6.45) is 11.6. The second-order valence-corrected chi connectivity index (χ2v) is 7.30. The van der Waals surface area contributed by atoms with Gasteiger partial charge < -0.3 is 5.11 Å². The average Bonchev–Trinajstić information content (AvgIpc) is 2.88. The van der Waals surface area contributed by atoms with Crippen molar-refractivity contribution in [1.29, 1.82) is 0 Å². The third kappa shape index (κ3) is 3.99. The van der Waals surface area contributed by atoms with Crippen molar-refractivity contribution in [2.75, 3.05) is 11.4 Å². The molecule has 1 amide bonds. The van der Waals surface area contributed by atoms with Gasteiger partial charge in [0.25, 0.3) is 5.91 Å². The largest absolute Gasteiger partial charge is 0.375 e. The van der Waals surface area contributed by atoms with Crippen LogP contribution in [0.4, 0.5) is 5.69 Å². The van der Waals surface area contributed by atoms with E-state index < -0.39 is 11.5 Å². The number of halogens is 1. The van der Waals surface area contributed by atoms with Crippen LogP contribution in [0.5, 0.6) is 0 Å². The predicted octanol–water partition coefficient (Wildman–Crippen LogP) is 3.85. The number of aliphatic hydroxyl groups is 1. The number of terminal acetylenes is 1.